The second-order valence-corrected chi connectivity index (χ2v) is 12.1. The Morgan fingerprint density at radius 1 is 1.50 bits per heavy atom. The van der Waals surface area contributed by atoms with Crippen LogP contribution >= 0.6 is 0 Å². The molecule has 0 aromatic carbocycles. The Kier molecular flexibility index (Phi) is 4.19. The van der Waals surface area contributed by atoms with Crippen molar-refractivity contribution in [2.24, 2.45) is 0 Å². The third-order valence-electron chi connectivity index (χ3n) is 3.03. The Morgan fingerprint density at radius 3 is 2.62 bits per heavy atom. The van der Waals surface area contributed by atoms with Crippen LogP contribution in [0.3, 0.4) is 0 Å². The molecule has 1 rings (SSSR count). The topological polar surface area (TPSA) is 20.2 Å². The summed E-state index contributed by atoms with van der Waals surface area (Å²) in [6.45, 7) is 13.3. The number of allylic oxidation sites excluding steroid dienone is 1. The van der Waals surface area contributed by atoms with Crippen LogP contribution < -0.4 is 0 Å². The minimum absolute atomic E-state index is 0.598. The van der Waals surface area contributed by atoms with Gasteiger partial charge in [0.15, 0.2) is 0 Å². The monoisotopic (exact) mass is 238 g/mol. The fourth-order valence-electron chi connectivity index (χ4n) is 2.66. The summed E-state index contributed by atoms with van der Waals surface area (Å²) in [5.74, 6) is 0. The zero-order valence-electron chi connectivity index (χ0n) is 11.3. The van der Waals surface area contributed by atoms with Crippen LogP contribution in [-0.4, -0.2) is 18.8 Å². The molecule has 0 saturated heterocycles. The van der Waals surface area contributed by atoms with Crippen molar-refractivity contribution in [1.82, 2.24) is 0 Å². The molecule has 1 atom stereocenters. The quantitative estimate of drug-likeness (QED) is 0.577. The zero-order chi connectivity index (χ0) is 12.4. The van der Waals surface area contributed by atoms with Gasteiger partial charge in [-0.2, -0.15) is 0 Å². The van der Waals surface area contributed by atoms with Crippen molar-refractivity contribution in [2.45, 2.75) is 63.9 Å². The average molecular weight is 238 g/mol. The zero-order valence-corrected chi connectivity index (χ0v) is 12.3. The summed E-state index contributed by atoms with van der Waals surface area (Å²) in [7, 11) is -1.09. The Morgan fingerprint density at radius 2 is 2.12 bits per heavy atom. The van der Waals surface area contributed by atoms with Crippen LogP contribution in [0.5, 0.6) is 0 Å². The number of hydrogen-bond acceptors (Lipinski definition) is 1. The van der Waals surface area contributed by atoms with Crippen LogP contribution in [0.15, 0.2) is 23.8 Å². The fourth-order valence-corrected chi connectivity index (χ4v) is 4.29. The van der Waals surface area contributed by atoms with Crippen molar-refractivity contribution < 1.29 is 5.11 Å². The molecule has 1 aliphatic carbocycles. The Bertz CT molecular complexity index is 298. The molecule has 0 unspecified atom stereocenters. The molecule has 0 fully saturated rings. The van der Waals surface area contributed by atoms with Crippen molar-refractivity contribution in [3.63, 3.8) is 0 Å². The number of aliphatic hydroxyl groups is 1. The molecule has 0 spiro atoms. The first-order valence-electron chi connectivity index (χ1n) is 6.28. The lowest BCUT2D eigenvalue weighted by molar-refractivity contribution is 0.0735. The third-order valence-corrected chi connectivity index (χ3v) is 4.59. The highest BCUT2D eigenvalue weighted by molar-refractivity contribution is 6.76. The van der Waals surface area contributed by atoms with Gasteiger partial charge < -0.3 is 5.11 Å². The molecule has 16 heavy (non-hydrogen) atoms. The molecule has 0 saturated carbocycles. The van der Waals surface area contributed by atoms with Crippen molar-refractivity contribution in [3.8, 4) is 0 Å². The van der Waals surface area contributed by atoms with E-state index in [0.29, 0.717) is 0 Å². The molecule has 2 heteroatoms. The first-order chi connectivity index (χ1) is 7.20. The highest BCUT2D eigenvalue weighted by Crippen LogP contribution is 2.33. The molecule has 1 nitrogen and oxygen atoms in total. The van der Waals surface area contributed by atoms with Gasteiger partial charge in [0.2, 0.25) is 0 Å². The lowest BCUT2D eigenvalue weighted by Crippen LogP contribution is -2.30. The Hall–Kier alpha value is -0.343. The number of rotatable bonds is 4. The van der Waals surface area contributed by atoms with Gasteiger partial charge in [-0.3, -0.25) is 0 Å². The SMILES string of the molecule is C=C(C[C@]1(O)C=C(C)CCC1)C[Si](C)(C)C. The van der Waals surface area contributed by atoms with Gasteiger partial charge in [-0.25, -0.2) is 0 Å². The predicted octanol–water partition coefficient (Wildman–Crippen LogP) is 4.13. The van der Waals surface area contributed by atoms with Crippen molar-refractivity contribution in [1.29, 1.82) is 0 Å². The summed E-state index contributed by atoms with van der Waals surface area (Å²) in [5.41, 5.74) is 1.96. The van der Waals surface area contributed by atoms with E-state index in [4.69, 9.17) is 0 Å². The highest BCUT2D eigenvalue weighted by atomic mass is 28.3. The fraction of sp³-hybridized carbons (Fsp3) is 0.714. The third kappa shape index (κ3) is 4.66. The lowest BCUT2D eigenvalue weighted by atomic mass is 9.83. The molecule has 0 amide bonds. The van der Waals surface area contributed by atoms with E-state index in [-0.39, 0.29) is 0 Å². The predicted molar refractivity (Wildman–Crippen MR) is 74.5 cm³/mol. The maximum atomic E-state index is 10.5. The van der Waals surface area contributed by atoms with Gasteiger partial charge in [-0.1, -0.05) is 36.9 Å². The van der Waals surface area contributed by atoms with Crippen LogP contribution in [0, 0.1) is 0 Å². The van der Waals surface area contributed by atoms with E-state index in [1.54, 1.807) is 0 Å². The van der Waals surface area contributed by atoms with Gasteiger partial charge in [-0.05, 0) is 32.2 Å². The van der Waals surface area contributed by atoms with Gasteiger partial charge in [0.1, 0.15) is 0 Å². The van der Waals surface area contributed by atoms with E-state index < -0.39 is 13.7 Å². The standard InChI is InChI=1S/C14H26OSi/c1-12-7-6-8-14(15,9-12)10-13(2)11-16(3,4)5/h9,15H,2,6-8,10-11H2,1,3-5H3/t14-/m1/s1. The summed E-state index contributed by atoms with van der Waals surface area (Å²) in [4.78, 5) is 0. The van der Waals surface area contributed by atoms with Crippen LogP contribution in [-0.2, 0) is 0 Å². The van der Waals surface area contributed by atoms with E-state index >= 15 is 0 Å². The molecule has 0 heterocycles. The molecule has 1 aliphatic rings. The molecule has 1 N–H and O–H groups in total. The van der Waals surface area contributed by atoms with Gasteiger partial charge >= 0.3 is 0 Å². The molecule has 0 aliphatic heterocycles. The van der Waals surface area contributed by atoms with Crippen LogP contribution in [0.2, 0.25) is 25.7 Å². The minimum Gasteiger partial charge on any atom is -0.385 e. The van der Waals surface area contributed by atoms with Gasteiger partial charge in [0.05, 0.1) is 5.60 Å². The minimum atomic E-state index is -1.09. The van der Waals surface area contributed by atoms with Crippen LogP contribution in [0.25, 0.3) is 0 Å². The maximum Gasteiger partial charge on any atom is 0.0867 e. The van der Waals surface area contributed by atoms with E-state index in [1.165, 1.54) is 11.1 Å². The van der Waals surface area contributed by atoms with Crippen LogP contribution in [0.1, 0.15) is 32.6 Å². The summed E-state index contributed by atoms with van der Waals surface area (Å²) >= 11 is 0. The smallest absolute Gasteiger partial charge is 0.0867 e. The molecule has 92 valence electrons. The van der Waals surface area contributed by atoms with Crippen LogP contribution in [0.4, 0.5) is 0 Å². The normalized spacial score (nSPS) is 26.4. The average Bonchev–Trinajstić information content (AvgIpc) is 1.96. The molecule has 0 bridgehead atoms. The first-order valence-corrected chi connectivity index (χ1v) is 9.98. The van der Waals surface area contributed by atoms with Crippen molar-refractivity contribution >= 4 is 8.07 Å². The van der Waals surface area contributed by atoms with Gasteiger partial charge in [0.25, 0.3) is 0 Å². The summed E-state index contributed by atoms with van der Waals surface area (Å²) in [6, 6.07) is 1.13. The molecule has 0 aromatic heterocycles. The van der Waals surface area contributed by atoms with Crippen molar-refractivity contribution in [2.75, 3.05) is 0 Å². The molecular weight excluding hydrogens is 212 g/mol. The summed E-state index contributed by atoms with van der Waals surface area (Å²) in [5, 5.41) is 10.5. The van der Waals surface area contributed by atoms with Crippen molar-refractivity contribution in [3.05, 3.63) is 23.8 Å². The largest absolute Gasteiger partial charge is 0.385 e. The maximum absolute atomic E-state index is 10.5. The second kappa shape index (κ2) is 4.88. The first kappa shape index (κ1) is 13.7. The Balaban J connectivity index is 2.59. The van der Waals surface area contributed by atoms with E-state index in [2.05, 4.69) is 39.2 Å². The van der Waals surface area contributed by atoms with Gasteiger partial charge in [0, 0.05) is 14.5 Å². The summed E-state index contributed by atoms with van der Waals surface area (Å²) in [6.07, 6.45) is 5.97. The highest BCUT2D eigenvalue weighted by Gasteiger charge is 2.28. The lowest BCUT2D eigenvalue weighted by Gasteiger charge is -2.31. The molecule has 0 radical (unpaired) electrons. The number of hydrogen-bond donors (Lipinski definition) is 1. The van der Waals surface area contributed by atoms with E-state index in [9.17, 15) is 5.11 Å². The van der Waals surface area contributed by atoms with E-state index in [1.807, 2.05) is 0 Å². The molecule has 0 aromatic rings. The Labute approximate surface area is 101 Å². The molecular formula is C14H26OSi. The second-order valence-electron chi connectivity index (χ2n) is 6.61. The van der Waals surface area contributed by atoms with Gasteiger partial charge in [-0.15, -0.1) is 6.58 Å². The summed E-state index contributed by atoms with van der Waals surface area (Å²) < 4.78 is 0. The van der Waals surface area contributed by atoms with E-state index in [0.717, 1.165) is 31.7 Å².